The molecule has 0 aliphatic heterocycles. The van der Waals surface area contributed by atoms with Gasteiger partial charge in [-0.25, -0.2) is 0 Å². The van der Waals surface area contributed by atoms with Crippen LogP contribution in [-0.4, -0.2) is 0 Å². The summed E-state index contributed by atoms with van der Waals surface area (Å²) in [5.41, 5.74) is 1.42. The lowest BCUT2D eigenvalue weighted by atomic mass is 9.99. The molecule has 11 heavy (non-hydrogen) atoms. The van der Waals surface area contributed by atoms with E-state index in [1.807, 2.05) is 0 Å². The highest BCUT2D eigenvalue weighted by atomic mass is 14.0. The van der Waals surface area contributed by atoms with Crippen LogP contribution in [0.15, 0.2) is 30.3 Å². The molecule has 1 aromatic rings. The van der Waals surface area contributed by atoms with Gasteiger partial charge in [-0.3, -0.25) is 0 Å². The molecule has 0 saturated carbocycles. The third-order valence-corrected chi connectivity index (χ3v) is 1.92. The molecule has 0 heterocycles. The standard InChI is InChI=1S/C11H15/c1-3-10(2)9-11-7-5-4-6-8-11/h4-8,10H,1,3,9H2,2H3. The van der Waals surface area contributed by atoms with Gasteiger partial charge in [0.05, 0.1) is 0 Å². The molecule has 0 N–H and O–H groups in total. The molecule has 0 amide bonds. The van der Waals surface area contributed by atoms with Crippen molar-refractivity contribution in [2.75, 3.05) is 0 Å². The summed E-state index contributed by atoms with van der Waals surface area (Å²) >= 11 is 0. The summed E-state index contributed by atoms with van der Waals surface area (Å²) < 4.78 is 0. The highest BCUT2D eigenvalue weighted by molar-refractivity contribution is 5.14. The Bertz CT molecular complexity index is 188. The van der Waals surface area contributed by atoms with E-state index in [0.717, 1.165) is 12.8 Å². The zero-order valence-corrected chi connectivity index (χ0v) is 7.09. The van der Waals surface area contributed by atoms with Crippen molar-refractivity contribution in [3.8, 4) is 0 Å². The molecule has 1 aromatic carbocycles. The molecule has 0 nitrogen and oxygen atoms in total. The quantitative estimate of drug-likeness (QED) is 0.616. The summed E-state index contributed by atoms with van der Waals surface area (Å²) in [5.74, 6) is 0.706. The van der Waals surface area contributed by atoms with E-state index in [2.05, 4.69) is 44.2 Å². The highest BCUT2D eigenvalue weighted by Gasteiger charge is 1.98. The van der Waals surface area contributed by atoms with Gasteiger partial charge in [0, 0.05) is 0 Å². The largest absolute Gasteiger partial charge is 0.0622 e. The lowest BCUT2D eigenvalue weighted by molar-refractivity contribution is 0.588. The lowest BCUT2D eigenvalue weighted by Crippen LogP contribution is -1.96. The van der Waals surface area contributed by atoms with Crippen LogP contribution in [0.4, 0.5) is 0 Å². The Labute approximate surface area is 69.3 Å². The molecule has 0 heteroatoms. The first-order valence-electron chi connectivity index (χ1n) is 4.16. The normalized spacial score (nSPS) is 12.9. The number of benzene rings is 1. The average molecular weight is 147 g/mol. The van der Waals surface area contributed by atoms with Gasteiger partial charge >= 0.3 is 0 Å². The third-order valence-electron chi connectivity index (χ3n) is 1.92. The van der Waals surface area contributed by atoms with Gasteiger partial charge < -0.3 is 0 Å². The zero-order chi connectivity index (χ0) is 8.10. The summed E-state index contributed by atoms with van der Waals surface area (Å²) in [6.45, 7) is 6.12. The maximum absolute atomic E-state index is 3.88. The number of rotatable bonds is 3. The van der Waals surface area contributed by atoms with E-state index < -0.39 is 0 Å². The van der Waals surface area contributed by atoms with Gasteiger partial charge in [-0.05, 0) is 17.9 Å². The molecular weight excluding hydrogens is 132 g/mol. The zero-order valence-electron chi connectivity index (χ0n) is 7.09. The second kappa shape index (κ2) is 4.17. The van der Waals surface area contributed by atoms with Crippen molar-refractivity contribution in [3.05, 3.63) is 42.8 Å². The highest BCUT2D eigenvalue weighted by Crippen LogP contribution is 2.09. The molecule has 1 atom stereocenters. The Kier molecular flexibility index (Phi) is 3.15. The van der Waals surface area contributed by atoms with Crippen LogP contribution in [0, 0.1) is 12.8 Å². The van der Waals surface area contributed by atoms with E-state index in [1.165, 1.54) is 5.56 Å². The van der Waals surface area contributed by atoms with Crippen LogP contribution in [0.5, 0.6) is 0 Å². The molecule has 1 radical (unpaired) electrons. The predicted molar refractivity (Wildman–Crippen MR) is 49.3 cm³/mol. The van der Waals surface area contributed by atoms with Gasteiger partial charge in [0.25, 0.3) is 0 Å². The van der Waals surface area contributed by atoms with Gasteiger partial charge in [-0.2, -0.15) is 0 Å². The van der Waals surface area contributed by atoms with Crippen molar-refractivity contribution < 1.29 is 0 Å². The van der Waals surface area contributed by atoms with Crippen LogP contribution in [0.25, 0.3) is 0 Å². The second-order valence-electron chi connectivity index (χ2n) is 3.08. The van der Waals surface area contributed by atoms with E-state index in [1.54, 1.807) is 0 Å². The third kappa shape index (κ3) is 2.75. The van der Waals surface area contributed by atoms with E-state index in [0.29, 0.717) is 5.92 Å². The molecule has 0 aliphatic carbocycles. The monoisotopic (exact) mass is 147 g/mol. The van der Waals surface area contributed by atoms with Crippen molar-refractivity contribution in [2.45, 2.75) is 19.8 Å². The Morgan fingerprint density at radius 2 is 1.91 bits per heavy atom. The van der Waals surface area contributed by atoms with Crippen molar-refractivity contribution in [3.63, 3.8) is 0 Å². The Hall–Kier alpha value is -0.780. The fourth-order valence-corrected chi connectivity index (χ4v) is 1.12. The summed E-state index contributed by atoms with van der Waals surface area (Å²) in [6.07, 6.45) is 2.18. The summed E-state index contributed by atoms with van der Waals surface area (Å²) in [7, 11) is 0. The fourth-order valence-electron chi connectivity index (χ4n) is 1.12. The average Bonchev–Trinajstić information content (AvgIpc) is 2.06. The second-order valence-corrected chi connectivity index (χ2v) is 3.08. The van der Waals surface area contributed by atoms with Crippen LogP contribution in [0.1, 0.15) is 18.9 Å². The summed E-state index contributed by atoms with van der Waals surface area (Å²) in [6, 6.07) is 10.6. The van der Waals surface area contributed by atoms with Gasteiger partial charge in [0.2, 0.25) is 0 Å². The molecule has 1 unspecified atom stereocenters. The molecule has 1 rings (SSSR count). The summed E-state index contributed by atoms with van der Waals surface area (Å²) in [5, 5.41) is 0. The van der Waals surface area contributed by atoms with Crippen molar-refractivity contribution in [2.24, 2.45) is 5.92 Å². The van der Waals surface area contributed by atoms with Crippen molar-refractivity contribution in [1.82, 2.24) is 0 Å². The topological polar surface area (TPSA) is 0 Å². The van der Waals surface area contributed by atoms with Gasteiger partial charge in [-0.15, -0.1) is 0 Å². The minimum Gasteiger partial charge on any atom is -0.0622 e. The van der Waals surface area contributed by atoms with Crippen LogP contribution >= 0.6 is 0 Å². The molecule has 0 aromatic heterocycles. The number of hydrogen-bond acceptors (Lipinski definition) is 0. The van der Waals surface area contributed by atoms with Gasteiger partial charge in [-0.1, -0.05) is 50.6 Å². The number of hydrogen-bond donors (Lipinski definition) is 0. The van der Waals surface area contributed by atoms with Crippen molar-refractivity contribution >= 4 is 0 Å². The summed E-state index contributed by atoms with van der Waals surface area (Å²) in [4.78, 5) is 0. The van der Waals surface area contributed by atoms with Crippen LogP contribution < -0.4 is 0 Å². The van der Waals surface area contributed by atoms with Crippen LogP contribution in [-0.2, 0) is 6.42 Å². The smallest absolute Gasteiger partial charge is 0.0253 e. The Morgan fingerprint density at radius 3 is 2.45 bits per heavy atom. The van der Waals surface area contributed by atoms with E-state index in [4.69, 9.17) is 0 Å². The molecular formula is C11H15. The first-order chi connectivity index (χ1) is 5.33. The van der Waals surface area contributed by atoms with E-state index >= 15 is 0 Å². The lowest BCUT2D eigenvalue weighted by Gasteiger charge is -2.06. The van der Waals surface area contributed by atoms with E-state index in [-0.39, 0.29) is 0 Å². The Balaban J connectivity index is 2.51. The molecule has 0 spiro atoms. The molecule has 59 valence electrons. The molecule has 0 fully saturated rings. The first-order valence-corrected chi connectivity index (χ1v) is 4.16. The maximum Gasteiger partial charge on any atom is -0.0253 e. The minimum atomic E-state index is 0.706. The fraction of sp³-hybridized carbons (Fsp3) is 0.364. The molecule has 0 aliphatic rings. The predicted octanol–water partition coefficient (Wildman–Crippen LogP) is 3.09. The van der Waals surface area contributed by atoms with Gasteiger partial charge in [0.1, 0.15) is 0 Å². The minimum absolute atomic E-state index is 0.706. The van der Waals surface area contributed by atoms with Gasteiger partial charge in [0.15, 0.2) is 0 Å². The van der Waals surface area contributed by atoms with E-state index in [9.17, 15) is 0 Å². The van der Waals surface area contributed by atoms with Crippen LogP contribution in [0.2, 0.25) is 0 Å². The van der Waals surface area contributed by atoms with Crippen LogP contribution in [0.3, 0.4) is 0 Å². The first kappa shape index (κ1) is 8.32. The molecule has 0 saturated heterocycles. The van der Waals surface area contributed by atoms with Crippen molar-refractivity contribution in [1.29, 1.82) is 0 Å². The SMILES string of the molecule is [CH2]CC(C)Cc1ccccc1. The maximum atomic E-state index is 3.88. The molecule has 0 bridgehead atoms. The Morgan fingerprint density at radius 1 is 1.27 bits per heavy atom.